The second-order valence-electron chi connectivity index (χ2n) is 5.58. The molecule has 0 aliphatic carbocycles. The normalized spacial score (nSPS) is 17.8. The van der Waals surface area contributed by atoms with Gasteiger partial charge in [0.05, 0.1) is 6.04 Å². The lowest BCUT2D eigenvalue weighted by Gasteiger charge is -2.35. The van der Waals surface area contributed by atoms with Gasteiger partial charge in [0, 0.05) is 30.1 Å². The summed E-state index contributed by atoms with van der Waals surface area (Å²) in [5.74, 6) is -0.0969. The van der Waals surface area contributed by atoms with Crippen LogP contribution in [0.25, 0.3) is 0 Å². The van der Waals surface area contributed by atoms with E-state index in [2.05, 4.69) is 14.7 Å². The molecule has 1 aliphatic rings. The first-order chi connectivity index (χ1) is 11.6. The fraction of sp³-hybridized carbons (Fsp3) is 0.353. The van der Waals surface area contributed by atoms with Gasteiger partial charge in [-0.3, -0.25) is 4.79 Å². The largest absolute Gasteiger partial charge is 0.435 e. The Labute approximate surface area is 138 Å². The fourth-order valence-electron chi connectivity index (χ4n) is 2.95. The van der Waals surface area contributed by atoms with E-state index < -0.39 is 6.61 Å². The van der Waals surface area contributed by atoms with Crippen LogP contribution in [-0.4, -0.2) is 33.9 Å². The number of hydrogen-bond donors (Lipinski definition) is 0. The number of hydrogen-bond acceptors (Lipinski definition) is 4. The predicted molar refractivity (Wildman–Crippen MR) is 82.7 cm³/mol. The Morgan fingerprint density at radius 2 is 1.88 bits per heavy atom. The third kappa shape index (κ3) is 3.67. The first-order valence-corrected chi connectivity index (χ1v) is 7.76. The van der Waals surface area contributed by atoms with Crippen LogP contribution in [0.1, 0.15) is 41.2 Å². The molecule has 0 spiro atoms. The molecular weight excluding hydrogens is 316 g/mol. The van der Waals surface area contributed by atoms with Crippen LogP contribution in [0, 0.1) is 0 Å². The summed E-state index contributed by atoms with van der Waals surface area (Å²) in [6.45, 7) is -2.23. The molecule has 0 bridgehead atoms. The highest BCUT2D eigenvalue weighted by Crippen LogP contribution is 2.31. The summed E-state index contributed by atoms with van der Waals surface area (Å²) in [6.07, 6.45) is 7.73. The van der Waals surface area contributed by atoms with Crippen molar-refractivity contribution in [2.45, 2.75) is 31.9 Å². The van der Waals surface area contributed by atoms with E-state index in [0.29, 0.717) is 12.1 Å². The summed E-state index contributed by atoms with van der Waals surface area (Å²) in [5, 5.41) is 0. The van der Waals surface area contributed by atoms with E-state index in [0.717, 1.165) is 24.8 Å². The molecule has 1 fully saturated rings. The minimum absolute atomic E-state index is 0.0354. The van der Waals surface area contributed by atoms with Crippen molar-refractivity contribution in [2.24, 2.45) is 0 Å². The SMILES string of the molecule is O=C(c1ccc(OC(F)F)cc1)N1CCCCC1c1cncnc1. The van der Waals surface area contributed by atoms with Gasteiger partial charge in [0.25, 0.3) is 5.91 Å². The number of ether oxygens (including phenoxy) is 1. The van der Waals surface area contributed by atoms with Crippen LogP contribution in [0.4, 0.5) is 8.78 Å². The number of carbonyl (C=O) groups excluding carboxylic acids is 1. The van der Waals surface area contributed by atoms with Crippen molar-refractivity contribution in [2.75, 3.05) is 6.54 Å². The average Bonchev–Trinajstić information content (AvgIpc) is 2.62. The number of likely N-dealkylation sites (tertiary alicyclic amines) is 1. The highest BCUT2D eigenvalue weighted by atomic mass is 19.3. The van der Waals surface area contributed by atoms with Crippen molar-refractivity contribution < 1.29 is 18.3 Å². The van der Waals surface area contributed by atoms with Gasteiger partial charge in [-0.05, 0) is 43.5 Å². The predicted octanol–water partition coefficient (Wildman–Crippen LogP) is 3.45. The quantitative estimate of drug-likeness (QED) is 0.860. The summed E-state index contributed by atoms with van der Waals surface area (Å²) in [5.41, 5.74) is 1.35. The zero-order valence-electron chi connectivity index (χ0n) is 12.9. The Kier molecular flexibility index (Phi) is 4.98. The summed E-state index contributed by atoms with van der Waals surface area (Å²) in [4.78, 5) is 22.7. The average molecular weight is 333 g/mol. The number of nitrogens with zero attached hydrogens (tertiary/aromatic N) is 3. The smallest absolute Gasteiger partial charge is 0.387 e. The molecule has 1 amide bonds. The van der Waals surface area contributed by atoms with Gasteiger partial charge in [0.15, 0.2) is 0 Å². The van der Waals surface area contributed by atoms with Crippen molar-refractivity contribution in [3.8, 4) is 5.75 Å². The molecule has 3 rings (SSSR count). The molecule has 5 nitrogen and oxygen atoms in total. The molecule has 1 unspecified atom stereocenters. The molecule has 24 heavy (non-hydrogen) atoms. The Morgan fingerprint density at radius 1 is 1.17 bits per heavy atom. The fourth-order valence-corrected chi connectivity index (χ4v) is 2.95. The van der Waals surface area contributed by atoms with Gasteiger partial charge < -0.3 is 9.64 Å². The number of piperidine rings is 1. The van der Waals surface area contributed by atoms with E-state index in [9.17, 15) is 13.6 Å². The molecule has 1 saturated heterocycles. The van der Waals surface area contributed by atoms with E-state index in [1.807, 2.05) is 0 Å². The third-order valence-corrected chi connectivity index (χ3v) is 4.06. The van der Waals surface area contributed by atoms with Gasteiger partial charge in [-0.1, -0.05) is 0 Å². The van der Waals surface area contributed by atoms with E-state index in [4.69, 9.17) is 0 Å². The second-order valence-corrected chi connectivity index (χ2v) is 5.58. The number of alkyl halides is 2. The van der Waals surface area contributed by atoms with E-state index in [-0.39, 0.29) is 17.7 Å². The highest BCUT2D eigenvalue weighted by Gasteiger charge is 2.29. The number of halogens is 2. The molecule has 0 N–H and O–H groups in total. The van der Waals surface area contributed by atoms with Gasteiger partial charge in [0.1, 0.15) is 12.1 Å². The van der Waals surface area contributed by atoms with Gasteiger partial charge in [-0.2, -0.15) is 8.78 Å². The highest BCUT2D eigenvalue weighted by molar-refractivity contribution is 5.94. The first kappa shape index (κ1) is 16.3. The molecule has 0 saturated carbocycles. The summed E-state index contributed by atoms with van der Waals surface area (Å²) in [7, 11) is 0. The van der Waals surface area contributed by atoms with Crippen molar-refractivity contribution in [3.05, 3.63) is 54.1 Å². The zero-order valence-corrected chi connectivity index (χ0v) is 12.9. The third-order valence-electron chi connectivity index (χ3n) is 4.06. The van der Waals surface area contributed by atoms with Crippen LogP contribution in [0.5, 0.6) is 5.75 Å². The lowest BCUT2D eigenvalue weighted by molar-refractivity contribution is -0.0498. The monoisotopic (exact) mass is 333 g/mol. The molecule has 2 heterocycles. The molecule has 1 aromatic carbocycles. The summed E-state index contributed by atoms with van der Waals surface area (Å²) >= 11 is 0. The Morgan fingerprint density at radius 3 is 2.54 bits per heavy atom. The van der Waals surface area contributed by atoms with Crippen molar-refractivity contribution in [3.63, 3.8) is 0 Å². The number of carbonyl (C=O) groups is 1. The van der Waals surface area contributed by atoms with Crippen molar-refractivity contribution >= 4 is 5.91 Å². The van der Waals surface area contributed by atoms with E-state index in [1.54, 1.807) is 17.3 Å². The molecule has 7 heteroatoms. The maximum Gasteiger partial charge on any atom is 0.387 e. The minimum atomic E-state index is -2.88. The van der Waals surface area contributed by atoms with Crippen molar-refractivity contribution in [1.82, 2.24) is 14.9 Å². The van der Waals surface area contributed by atoms with Crippen LogP contribution in [0.3, 0.4) is 0 Å². The molecule has 126 valence electrons. The van der Waals surface area contributed by atoms with Crippen molar-refractivity contribution in [1.29, 1.82) is 0 Å². The molecule has 1 aromatic heterocycles. The number of benzene rings is 1. The number of aromatic nitrogens is 2. The lowest BCUT2D eigenvalue weighted by Crippen LogP contribution is -2.38. The lowest BCUT2D eigenvalue weighted by atomic mass is 9.96. The molecular formula is C17H17F2N3O2. The molecule has 1 aliphatic heterocycles. The molecule has 2 aromatic rings. The maximum atomic E-state index is 12.8. The first-order valence-electron chi connectivity index (χ1n) is 7.76. The van der Waals surface area contributed by atoms with E-state index >= 15 is 0 Å². The molecule has 0 radical (unpaired) electrons. The summed E-state index contributed by atoms with van der Waals surface area (Å²) in [6, 6.07) is 5.71. The molecule has 1 atom stereocenters. The maximum absolute atomic E-state index is 12.8. The number of amides is 1. The Balaban J connectivity index is 1.79. The van der Waals surface area contributed by atoms with Gasteiger partial charge >= 0.3 is 6.61 Å². The minimum Gasteiger partial charge on any atom is -0.435 e. The van der Waals surface area contributed by atoms with Crippen LogP contribution < -0.4 is 4.74 Å². The standard InChI is InChI=1S/C17H17F2N3O2/c18-17(19)24-14-6-4-12(5-7-14)16(23)22-8-2-1-3-15(22)13-9-20-11-21-10-13/h4-7,9-11,15,17H,1-3,8H2. The Hall–Kier alpha value is -2.57. The number of rotatable bonds is 4. The van der Waals surface area contributed by atoms with Crippen LogP contribution in [0.15, 0.2) is 43.0 Å². The van der Waals surface area contributed by atoms with Crippen LogP contribution >= 0.6 is 0 Å². The second kappa shape index (κ2) is 7.33. The van der Waals surface area contributed by atoms with Gasteiger partial charge in [-0.25, -0.2) is 9.97 Å². The van der Waals surface area contributed by atoms with Gasteiger partial charge in [0.2, 0.25) is 0 Å². The van der Waals surface area contributed by atoms with E-state index in [1.165, 1.54) is 30.6 Å². The van der Waals surface area contributed by atoms with Crippen LogP contribution in [0.2, 0.25) is 0 Å². The topological polar surface area (TPSA) is 55.3 Å². The van der Waals surface area contributed by atoms with Crippen LogP contribution in [-0.2, 0) is 0 Å². The summed E-state index contributed by atoms with van der Waals surface area (Å²) < 4.78 is 28.7. The van der Waals surface area contributed by atoms with Gasteiger partial charge in [-0.15, -0.1) is 0 Å². The zero-order chi connectivity index (χ0) is 16.9. The Bertz CT molecular complexity index is 680.